The molecule has 1 heterocycles. The van der Waals surface area contributed by atoms with Crippen LogP contribution in [-0.4, -0.2) is 160 Å². The zero-order chi connectivity index (χ0) is 56.4. The lowest BCUT2D eigenvalue weighted by molar-refractivity contribution is -0.460. The molecule has 0 saturated carbocycles. The summed E-state index contributed by atoms with van der Waals surface area (Å²) in [4.78, 5) is 129. The van der Waals surface area contributed by atoms with Crippen molar-refractivity contribution in [1.82, 2.24) is 47.9 Å². The van der Waals surface area contributed by atoms with Gasteiger partial charge in [0.05, 0.1) is 51.4 Å². The van der Waals surface area contributed by atoms with Crippen molar-refractivity contribution in [3.8, 4) is 0 Å². The first-order chi connectivity index (χ1) is 36.2. The molecule has 28 nitrogen and oxygen atoms in total. The minimum absolute atomic E-state index is 0.00570. The van der Waals surface area contributed by atoms with Gasteiger partial charge in [-0.25, -0.2) is 0 Å². The topological polar surface area (TPSA) is 488 Å². The highest BCUT2D eigenvalue weighted by atomic mass is 16.2. The molecule has 0 aliphatic carbocycles. The van der Waals surface area contributed by atoms with Crippen molar-refractivity contribution in [2.75, 3.05) is 45.8 Å². The summed E-state index contributed by atoms with van der Waals surface area (Å²) in [6.07, 6.45) is 4.35. The standard InChI is InChI=1S/C48H83N19O9/c1-29(2)24-31(28-68)62-41(72)34(16-9-21-57-46(50)51)64-43(74)35(17-10-22-58-47(52)53)66-44(75)36(18-11-23-59-48(54)55)65-42(73)33(14-6-7-19-49)67-45(76)37(25-30-12-4-3-5-13-30)63-39(70)27-60-38(69)26-61-40(71)32-15-8-20-56-32/h3-5,12-13,28-29,31-37,56H,6-11,14-27,49H2,1-2H3,(H,60,69)(H,61,71)(H,62,72)(H,63,70)(H,64,74)(H,65,73)(H,66,75)(H,67,76)(H4,50,51,57)(H4,52,53,58)(H4,54,55,59)/p+4/t31-,32-,33-,34-,35-,36-,37-/m0/s1. The van der Waals surface area contributed by atoms with Gasteiger partial charge in [-0.05, 0) is 95.1 Å². The molecule has 0 spiro atoms. The molecule has 27 N–H and O–H groups in total. The summed E-state index contributed by atoms with van der Waals surface area (Å²) in [5.74, 6) is -5.50. The highest BCUT2D eigenvalue weighted by molar-refractivity contribution is 5.97. The van der Waals surface area contributed by atoms with Crippen LogP contribution in [0.2, 0.25) is 0 Å². The van der Waals surface area contributed by atoms with Gasteiger partial charge in [0, 0.05) is 6.42 Å². The minimum atomic E-state index is -1.32. The van der Waals surface area contributed by atoms with E-state index < -0.39 is 90.2 Å². The number of hydrogen-bond donors (Lipinski definition) is 19. The SMILES string of the molecule is CC(C)C[C@@H](C=O)NC(=O)[C@H](CCC[NH+]=C(N)N)NC(=O)[C@H](CCC[NH+]=C(N)N)NC(=O)[C@H](CCC[NH+]=C(N)N)NC(=O)[C@H](CCCC[NH3+])NC(=O)[C@H](Cc1ccccc1)NC(=O)CNC(=O)CNC(=O)[C@@H]1CCCN1. The van der Waals surface area contributed by atoms with Crippen molar-refractivity contribution >= 4 is 71.4 Å². The summed E-state index contributed by atoms with van der Waals surface area (Å²) in [7, 11) is 0. The first kappa shape index (κ1) is 64.5. The maximum Gasteiger partial charge on any atom is 0.338 e. The second-order valence-corrected chi connectivity index (χ2v) is 19.0. The zero-order valence-electron chi connectivity index (χ0n) is 44.1. The lowest BCUT2D eigenvalue weighted by Gasteiger charge is -2.27. The Balaban J connectivity index is 2.43. The van der Waals surface area contributed by atoms with Gasteiger partial charge in [-0.3, -0.25) is 87.7 Å². The number of hydrogen-bond acceptors (Lipinski definition) is 10. The van der Waals surface area contributed by atoms with Gasteiger partial charge in [0.15, 0.2) is 0 Å². The lowest BCUT2D eigenvalue weighted by Crippen LogP contribution is -2.78. The second kappa shape index (κ2) is 36.3. The lowest BCUT2D eigenvalue weighted by atomic mass is 10.0. The molecule has 0 aromatic heterocycles. The number of unbranched alkanes of at least 4 members (excludes halogenated alkanes) is 1. The number of guanidine groups is 3. The van der Waals surface area contributed by atoms with Crippen LogP contribution in [0, 0.1) is 5.92 Å². The van der Waals surface area contributed by atoms with Crippen LogP contribution in [0.25, 0.3) is 0 Å². The number of nitrogens with two attached hydrogens (primary N) is 6. The minimum Gasteiger partial charge on any atom is -0.358 e. The molecule has 1 aromatic carbocycles. The number of quaternary nitrogens is 1. The Morgan fingerprint density at radius 2 is 1.05 bits per heavy atom. The van der Waals surface area contributed by atoms with Crippen LogP contribution < -0.4 is 103 Å². The van der Waals surface area contributed by atoms with Gasteiger partial charge >= 0.3 is 17.9 Å². The van der Waals surface area contributed by atoms with Gasteiger partial charge in [-0.15, -0.1) is 0 Å². The van der Waals surface area contributed by atoms with E-state index in [1.165, 1.54) is 0 Å². The Hall–Kier alpha value is -7.62. The molecule has 1 aliphatic rings. The van der Waals surface area contributed by atoms with E-state index >= 15 is 0 Å². The van der Waals surface area contributed by atoms with Crippen LogP contribution >= 0.6 is 0 Å². The van der Waals surface area contributed by atoms with E-state index in [-0.39, 0.29) is 101 Å². The molecule has 0 unspecified atom stereocenters. The van der Waals surface area contributed by atoms with E-state index in [1.807, 2.05) is 13.8 Å². The van der Waals surface area contributed by atoms with E-state index in [1.54, 1.807) is 30.3 Å². The monoisotopic (exact) mass is 1070 g/mol. The Morgan fingerprint density at radius 3 is 1.47 bits per heavy atom. The van der Waals surface area contributed by atoms with Crippen molar-refractivity contribution in [1.29, 1.82) is 0 Å². The molecule has 1 aromatic rings. The van der Waals surface area contributed by atoms with E-state index in [0.717, 1.165) is 6.42 Å². The van der Waals surface area contributed by atoms with Crippen LogP contribution in [0.1, 0.15) is 96.5 Å². The van der Waals surface area contributed by atoms with Crippen molar-refractivity contribution in [3.05, 3.63) is 35.9 Å². The molecule has 28 heteroatoms. The Kier molecular flexibility index (Phi) is 30.8. The maximum absolute atomic E-state index is 14.4. The van der Waals surface area contributed by atoms with Crippen LogP contribution in [0.5, 0.6) is 0 Å². The van der Waals surface area contributed by atoms with Crippen LogP contribution in [-0.2, 0) is 49.6 Å². The normalized spacial score (nSPS) is 15.1. The molecule has 1 fully saturated rings. The molecule has 8 amide bonds. The third-order valence-corrected chi connectivity index (χ3v) is 11.9. The third-order valence-electron chi connectivity index (χ3n) is 11.9. The molecule has 7 atom stereocenters. The zero-order valence-corrected chi connectivity index (χ0v) is 44.1. The number of benzene rings is 1. The van der Waals surface area contributed by atoms with Crippen molar-refractivity contribution in [3.63, 3.8) is 0 Å². The first-order valence-electron chi connectivity index (χ1n) is 26.0. The number of carbonyl (C=O) groups excluding carboxylic acids is 9. The molecule has 424 valence electrons. The fraction of sp³-hybridized carbons (Fsp3) is 0.625. The fourth-order valence-corrected chi connectivity index (χ4v) is 7.99. The molecule has 0 radical (unpaired) electrons. The van der Waals surface area contributed by atoms with Gasteiger partial charge in [0.1, 0.15) is 36.5 Å². The summed E-state index contributed by atoms with van der Waals surface area (Å²) < 4.78 is 0. The molecule has 2 rings (SSSR count). The van der Waals surface area contributed by atoms with Gasteiger partial charge < -0.3 is 58.4 Å². The molecule has 1 saturated heterocycles. The molecule has 0 bridgehead atoms. The predicted octanol–water partition coefficient (Wildman–Crippen LogP) is -11.8. The van der Waals surface area contributed by atoms with E-state index in [9.17, 15) is 43.2 Å². The first-order valence-corrected chi connectivity index (χ1v) is 26.0. The Bertz CT molecular complexity index is 2110. The molecule has 76 heavy (non-hydrogen) atoms. The van der Waals surface area contributed by atoms with Crippen molar-refractivity contribution < 1.29 is 63.9 Å². The average Bonchev–Trinajstić information content (AvgIpc) is 3.92. The number of aldehydes is 1. The number of amides is 8. The average molecular weight is 1070 g/mol. The van der Waals surface area contributed by atoms with Gasteiger partial charge in [0.2, 0.25) is 47.3 Å². The number of carbonyl (C=O) groups is 9. The fourth-order valence-electron chi connectivity index (χ4n) is 7.99. The van der Waals surface area contributed by atoms with E-state index in [4.69, 9.17) is 34.4 Å². The summed E-state index contributed by atoms with van der Waals surface area (Å²) in [5.41, 5.74) is 38.1. The summed E-state index contributed by atoms with van der Waals surface area (Å²) in [6, 6.07) is 1.26. The predicted molar refractivity (Wildman–Crippen MR) is 281 cm³/mol. The third kappa shape index (κ3) is 27.6. The van der Waals surface area contributed by atoms with E-state index in [2.05, 4.69) is 68.6 Å². The highest BCUT2D eigenvalue weighted by Gasteiger charge is 2.33. The summed E-state index contributed by atoms with van der Waals surface area (Å²) >= 11 is 0. The highest BCUT2D eigenvalue weighted by Crippen LogP contribution is 2.10. The molecule has 1 aliphatic heterocycles. The molecular weight excluding hydrogens is 987 g/mol. The quantitative estimate of drug-likeness (QED) is 0.0127. The summed E-state index contributed by atoms with van der Waals surface area (Å²) in [6.45, 7) is 4.73. The smallest absolute Gasteiger partial charge is 0.338 e. The summed E-state index contributed by atoms with van der Waals surface area (Å²) in [5, 5.41) is 24.4. The number of rotatable bonds is 37. The van der Waals surface area contributed by atoms with E-state index in [0.29, 0.717) is 57.0 Å². The van der Waals surface area contributed by atoms with Gasteiger partial charge in [0.25, 0.3) is 0 Å². The van der Waals surface area contributed by atoms with Crippen LogP contribution in [0.4, 0.5) is 0 Å². The number of nitrogens with one attached hydrogen (secondary N) is 12. The van der Waals surface area contributed by atoms with Gasteiger partial charge in [-0.2, -0.15) is 0 Å². The van der Waals surface area contributed by atoms with Crippen LogP contribution in [0.15, 0.2) is 30.3 Å². The van der Waals surface area contributed by atoms with Gasteiger partial charge in [-0.1, -0.05) is 44.2 Å². The Labute approximate surface area is 443 Å². The second-order valence-electron chi connectivity index (χ2n) is 19.0. The Morgan fingerprint density at radius 1 is 0.605 bits per heavy atom. The van der Waals surface area contributed by atoms with Crippen molar-refractivity contribution in [2.45, 2.75) is 140 Å². The van der Waals surface area contributed by atoms with Crippen molar-refractivity contribution in [2.24, 2.45) is 40.3 Å². The molecular formula is C48H87N19O9+4. The van der Waals surface area contributed by atoms with Crippen LogP contribution in [0.3, 0.4) is 0 Å². The largest absolute Gasteiger partial charge is 0.358 e. The maximum atomic E-state index is 14.4.